The van der Waals surface area contributed by atoms with E-state index in [0.717, 1.165) is 20.8 Å². The fourth-order valence-electron chi connectivity index (χ4n) is 3.24. The molecule has 0 saturated carbocycles. The topological polar surface area (TPSA) is 59.5 Å². The minimum absolute atomic E-state index is 0.101. The van der Waals surface area contributed by atoms with Crippen LogP contribution in [0.4, 0.5) is 0 Å². The van der Waals surface area contributed by atoms with Gasteiger partial charge in [-0.1, -0.05) is 24.3 Å². The van der Waals surface area contributed by atoms with Gasteiger partial charge in [-0.2, -0.15) is 4.31 Å². The van der Waals surface area contributed by atoms with Crippen LogP contribution in [0.5, 0.6) is 0 Å². The first-order valence-corrected chi connectivity index (χ1v) is 10.8. The van der Waals surface area contributed by atoms with Gasteiger partial charge in [0.15, 0.2) is 0 Å². The zero-order valence-electron chi connectivity index (χ0n) is 14.6. The van der Waals surface area contributed by atoms with Gasteiger partial charge in [0.1, 0.15) is 5.01 Å². The first-order valence-electron chi connectivity index (χ1n) is 8.55. The zero-order chi connectivity index (χ0) is 18.3. The minimum Gasteiger partial charge on any atom is -0.373 e. The van der Waals surface area contributed by atoms with Crippen molar-refractivity contribution in [1.82, 2.24) is 9.29 Å². The molecule has 0 radical (unpaired) electrons. The van der Waals surface area contributed by atoms with Gasteiger partial charge < -0.3 is 4.74 Å². The fourth-order valence-corrected chi connectivity index (χ4v) is 5.80. The van der Waals surface area contributed by atoms with Gasteiger partial charge in [0.05, 0.1) is 27.3 Å². The third-order valence-corrected chi connectivity index (χ3v) is 7.35. The lowest BCUT2D eigenvalue weighted by Crippen LogP contribution is -2.48. The highest BCUT2D eigenvalue weighted by Crippen LogP contribution is 2.31. The summed E-state index contributed by atoms with van der Waals surface area (Å²) in [5, 5.41) is 0.892. The number of morpholine rings is 1. The molecule has 5 nitrogen and oxygen atoms in total. The number of hydrogen-bond acceptors (Lipinski definition) is 5. The molecule has 1 aromatic heterocycles. The van der Waals surface area contributed by atoms with Crippen LogP contribution >= 0.6 is 11.3 Å². The number of benzene rings is 2. The first kappa shape index (κ1) is 17.6. The largest absolute Gasteiger partial charge is 0.373 e. The van der Waals surface area contributed by atoms with E-state index in [-0.39, 0.29) is 12.2 Å². The lowest BCUT2D eigenvalue weighted by Gasteiger charge is -2.34. The van der Waals surface area contributed by atoms with Crippen molar-refractivity contribution in [1.29, 1.82) is 0 Å². The molecular formula is C19H20N2O3S2. The Morgan fingerprint density at radius 2 is 1.69 bits per heavy atom. The summed E-state index contributed by atoms with van der Waals surface area (Å²) >= 11 is 1.60. The number of fused-ring (bicyclic) bond motifs is 1. The van der Waals surface area contributed by atoms with E-state index >= 15 is 0 Å². The van der Waals surface area contributed by atoms with Crippen LogP contribution in [0.15, 0.2) is 53.4 Å². The van der Waals surface area contributed by atoms with Crippen LogP contribution in [0.2, 0.25) is 0 Å². The number of ether oxygens (including phenoxy) is 1. The Hall–Kier alpha value is -1.80. The average Bonchev–Trinajstić information content (AvgIpc) is 3.05. The van der Waals surface area contributed by atoms with E-state index in [1.165, 1.54) is 4.31 Å². The van der Waals surface area contributed by atoms with Crippen molar-refractivity contribution in [3.05, 3.63) is 48.5 Å². The van der Waals surface area contributed by atoms with Crippen LogP contribution < -0.4 is 0 Å². The number of thiazole rings is 1. The molecule has 2 aromatic carbocycles. The van der Waals surface area contributed by atoms with E-state index in [1.54, 1.807) is 23.5 Å². The van der Waals surface area contributed by atoms with Crippen molar-refractivity contribution in [3.63, 3.8) is 0 Å². The number of para-hydroxylation sites is 1. The van der Waals surface area contributed by atoms with Gasteiger partial charge in [-0.05, 0) is 38.1 Å². The number of sulfonamides is 1. The summed E-state index contributed by atoms with van der Waals surface area (Å²) in [7, 11) is -3.52. The molecule has 0 unspecified atom stereocenters. The van der Waals surface area contributed by atoms with Crippen LogP contribution in [-0.2, 0) is 14.8 Å². The maximum atomic E-state index is 12.9. The maximum Gasteiger partial charge on any atom is 0.243 e. The molecule has 1 saturated heterocycles. The highest BCUT2D eigenvalue weighted by Gasteiger charge is 2.32. The number of rotatable bonds is 3. The first-order chi connectivity index (χ1) is 12.4. The van der Waals surface area contributed by atoms with Gasteiger partial charge in [-0.15, -0.1) is 11.3 Å². The molecule has 0 spiro atoms. The lowest BCUT2D eigenvalue weighted by atomic mass is 10.2. The van der Waals surface area contributed by atoms with Crippen LogP contribution in [0.3, 0.4) is 0 Å². The number of aromatic nitrogens is 1. The molecule has 2 atom stereocenters. The normalized spacial score (nSPS) is 21.9. The van der Waals surface area contributed by atoms with E-state index in [4.69, 9.17) is 4.74 Å². The van der Waals surface area contributed by atoms with Crippen LogP contribution in [0, 0.1) is 0 Å². The van der Waals surface area contributed by atoms with Gasteiger partial charge in [-0.25, -0.2) is 13.4 Å². The molecule has 136 valence electrons. The van der Waals surface area contributed by atoms with Gasteiger partial charge >= 0.3 is 0 Å². The molecule has 1 fully saturated rings. The summed E-state index contributed by atoms with van der Waals surface area (Å²) in [6, 6.07) is 15.0. The Kier molecular flexibility index (Phi) is 4.56. The molecule has 1 aliphatic heterocycles. The van der Waals surface area contributed by atoms with Crippen LogP contribution in [0.1, 0.15) is 13.8 Å². The molecule has 3 aromatic rings. The average molecular weight is 389 g/mol. The second kappa shape index (κ2) is 6.74. The molecule has 1 aliphatic rings. The van der Waals surface area contributed by atoms with Gasteiger partial charge in [0.2, 0.25) is 10.0 Å². The standard InChI is InChI=1S/C19H20N2O3S2/c1-13-11-21(12-14(2)24-13)26(22,23)16-9-7-15(8-10-16)19-20-17-5-3-4-6-18(17)25-19/h3-10,13-14H,11-12H2,1-2H3/t13-,14-/m1/s1. The monoisotopic (exact) mass is 388 g/mol. The predicted molar refractivity (Wildman–Crippen MR) is 104 cm³/mol. The van der Waals surface area contributed by atoms with Crippen molar-refractivity contribution < 1.29 is 13.2 Å². The Labute approximate surface area is 157 Å². The van der Waals surface area contributed by atoms with Crippen LogP contribution in [-0.4, -0.2) is 43.0 Å². The minimum atomic E-state index is -3.52. The fraction of sp³-hybridized carbons (Fsp3) is 0.316. The van der Waals surface area contributed by atoms with Crippen molar-refractivity contribution >= 4 is 31.6 Å². The molecule has 26 heavy (non-hydrogen) atoms. The Morgan fingerprint density at radius 1 is 1.04 bits per heavy atom. The predicted octanol–water partition coefficient (Wildman–Crippen LogP) is 3.76. The van der Waals surface area contributed by atoms with Gasteiger partial charge in [-0.3, -0.25) is 0 Å². The molecule has 0 aliphatic carbocycles. The third-order valence-electron chi connectivity index (χ3n) is 4.42. The van der Waals surface area contributed by atoms with E-state index < -0.39 is 10.0 Å². The maximum absolute atomic E-state index is 12.9. The summed E-state index contributed by atoms with van der Waals surface area (Å²) in [4.78, 5) is 4.94. The lowest BCUT2D eigenvalue weighted by molar-refractivity contribution is -0.0440. The molecular weight excluding hydrogens is 368 g/mol. The SMILES string of the molecule is C[C@@H]1CN(S(=O)(=O)c2ccc(-c3nc4ccccc4s3)cc2)C[C@@H](C)O1. The number of hydrogen-bond donors (Lipinski definition) is 0. The van der Waals surface area contributed by atoms with Crippen molar-refractivity contribution in [2.24, 2.45) is 0 Å². The van der Waals surface area contributed by atoms with Gasteiger partial charge in [0, 0.05) is 18.7 Å². The van der Waals surface area contributed by atoms with E-state index in [2.05, 4.69) is 4.98 Å². The quantitative estimate of drug-likeness (QED) is 0.685. The molecule has 0 bridgehead atoms. The van der Waals surface area contributed by atoms with E-state index in [9.17, 15) is 8.42 Å². The third kappa shape index (κ3) is 3.27. The molecule has 7 heteroatoms. The summed E-state index contributed by atoms with van der Waals surface area (Å²) < 4.78 is 34.1. The van der Waals surface area contributed by atoms with E-state index in [1.807, 2.05) is 50.2 Å². The zero-order valence-corrected chi connectivity index (χ0v) is 16.3. The summed E-state index contributed by atoms with van der Waals surface area (Å²) in [6.45, 7) is 4.56. The van der Waals surface area contributed by atoms with Crippen molar-refractivity contribution in [3.8, 4) is 10.6 Å². The highest BCUT2D eigenvalue weighted by molar-refractivity contribution is 7.89. The Bertz CT molecular complexity index is 985. The second-order valence-corrected chi connectivity index (χ2v) is 9.56. The van der Waals surface area contributed by atoms with E-state index in [0.29, 0.717) is 18.0 Å². The highest BCUT2D eigenvalue weighted by atomic mass is 32.2. The van der Waals surface area contributed by atoms with Crippen LogP contribution in [0.25, 0.3) is 20.8 Å². The smallest absolute Gasteiger partial charge is 0.243 e. The second-order valence-electron chi connectivity index (χ2n) is 6.59. The Morgan fingerprint density at radius 3 is 2.35 bits per heavy atom. The number of nitrogens with zero attached hydrogens (tertiary/aromatic N) is 2. The Balaban J connectivity index is 1.62. The summed E-state index contributed by atoms with van der Waals surface area (Å²) in [6.07, 6.45) is -0.203. The molecule has 4 rings (SSSR count). The van der Waals surface area contributed by atoms with Crippen molar-refractivity contribution in [2.75, 3.05) is 13.1 Å². The molecule has 0 N–H and O–H groups in total. The summed E-state index contributed by atoms with van der Waals surface area (Å²) in [5.74, 6) is 0. The van der Waals surface area contributed by atoms with Crippen molar-refractivity contribution in [2.45, 2.75) is 31.0 Å². The van der Waals surface area contributed by atoms with Gasteiger partial charge in [0.25, 0.3) is 0 Å². The summed E-state index contributed by atoms with van der Waals surface area (Å²) in [5.41, 5.74) is 1.88. The molecule has 2 heterocycles. The molecule has 0 amide bonds.